The Labute approximate surface area is 130 Å². The lowest BCUT2D eigenvalue weighted by atomic mass is 10.2. The normalized spacial score (nSPS) is 18.6. The van der Waals surface area contributed by atoms with Gasteiger partial charge in [-0.15, -0.1) is 0 Å². The number of carbonyl (C=O) groups excluding carboxylic acids is 1. The van der Waals surface area contributed by atoms with Crippen LogP contribution < -0.4 is 15.4 Å². The minimum absolute atomic E-state index is 0.124. The molecule has 1 heterocycles. The number of nitrogens with one attached hydrogen (secondary N) is 2. The van der Waals surface area contributed by atoms with Gasteiger partial charge in [0, 0.05) is 12.2 Å². The fraction of sp³-hybridized carbons (Fsp3) is 0.533. The van der Waals surface area contributed by atoms with Crippen LogP contribution in [0.1, 0.15) is 13.8 Å². The van der Waals surface area contributed by atoms with Crippen molar-refractivity contribution in [1.82, 2.24) is 5.32 Å². The van der Waals surface area contributed by atoms with E-state index in [-0.39, 0.29) is 11.9 Å². The van der Waals surface area contributed by atoms with E-state index in [0.29, 0.717) is 48.7 Å². The molecular weight excluding hydrogens is 292 g/mol. The van der Waals surface area contributed by atoms with Gasteiger partial charge >= 0.3 is 0 Å². The third kappa shape index (κ3) is 4.88. The highest BCUT2D eigenvalue weighted by Gasteiger charge is 2.21. The molecule has 1 aliphatic rings. The van der Waals surface area contributed by atoms with Gasteiger partial charge in [0.1, 0.15) is 11.8 Å². The van der Waals surface area contributed by atoms with Crippen molar-refractivity contribution in [2.45, 2.75) is 19.9 Å². The SMILES string of the molecule is CC(C)COc1ccc(NC(=O)C2COCCN2)cc1Cl. The minimum atomic E-state index is -0.325. The maximum atomic E-state index is 12.1. The number of morpholine rings is 1. The number of anilines is 1. The van der Waals surface area contributed by atoms with Crippen molar-refractivity contribution >= 4 is 23.2 Å². The molecule has 1 aromatic rings. The van der Waals surface area contributed by atoms with Crippen molar-refractivity contribution in [3.8, 4) is 5.75 Å². The maximum Gasteiger partial charge on any atom is 0.243 e. The van der Waals surface area contributed by atoms with Crippen molar-refractivity contribution < 1.29 is 14.3 Å². The molecule has 0 radical (unpaired) electrons. The van der Waals surface area contributed by atoms with Crippen LogP contribution in [-0.2, 0) is 9.53 Å². The fourth-order valence-corrected chi connectivity index (χ4v) is 2.15. The zero-order valence-corrected chi connectivity index (χ0v) is 13.1. The third-order valence-electron chi connectivity index (χ3n) is 3.01. The average molecular weight is 313 g/mol. The molecule has 21 heavy (non-hydrogen) atoms. The second-order valence-electron chi connectivity index (χ2n) is 5.42. The predicted molar refractivity (Wildman–Crippen MR) is 83.0 cm³/mol. The highest BCUT2D eigenvalue weighted by Crippen LogP contribution is 2.28. The van der Waals surface area contributed by atoms with E-state index in [1.54, 1.807) is 18.2 Å². The van der Waals surface area contributed by atoms with E-state index >= 15 is 0 Å². The van der Waals surface area contributed by atoms with E-state index in [2.05, 4.69) is 24.5 Å². The summed E-state index contributed by atoms with van der Waals surface area (Å²) in [6.07, 6.45) is 0. The lowest BCUT2D eigenvalue weighted by Crippen LogP contribution is -2.48. The molecule has 1 atom stereocenters. The number of hydrogen-bond donors (Lipinski definition) is 2. The molecule has 0 saturated carbocycles. The molecule has 0 aromatic heterocycles. The second kappa shape index (κ2) is 7.64. The zero-order chi connectivity index (χ0) is 15.2. The molecule has 2 N–H and O–H groups in total. The molecule has 0 bridgehead atoms. The summed E-state index contributed by atoms with van der Waals surface area (Å²) in [5, 5.41) is 6.41. The lowest BCUT2D eigenvalue weighted by Gasteiger charge is -2.23. The summed E-state index contributed by atoms with van der Waals surface area (Å²) in [7, 11) is 0. The van der Waals surface area contributed by atoms with Crippen LogP contribution in [-0.4, -0.2) is 38.3 Å². The van der Waals surface area contributed by atoms with Gasteiger partial charge in [-0.05, 0) is 24.1 Å². The van der Waals surface area contributed by atoms with Gasteiger partial charge in [-0.2, -0.15) is 0 Å². The molecule has 5 nitrogen and oxygen atoms in total. The second-order valence-corrected chi connectivity index (χ2v) is 5.83. The van der Waals surface area contributed by atoms with E-state index < -0.39 is 0 Å². The molecule has 1 aliphatic heterocycles. The Morgan fingerprint density at radius 2 is 2.38 bits per heavy atom. The first-order chi connectivity index (χ1) is 10.1. The smallest absolute Gasteiger partial charge is 0.243 e. The number of hydrogen-bond acceptors (Lipinski definition) is 4. The summed E-state index contributed by atoms with van der Waals surface area (Å²) < 4.78 is 10.9. The van der Waals surface area contributed by atoms with Gasteiger partial charge in [0.15, 0.2) is 0 Å². The van der Waals surface area contributed by atoms with E-state index in [0.717, 1.165) is 0 Å². The van der Waals surface area contributed by atoms with Crippen molar-refractivity contribution in [3.63, 3.8) is 0 Å². The average Bonchev–Trinajstić information content (AvgIpc) is 2.47. The largest absolute Gasteiger partial charge is 0.492 e. The summed E-state index contributed by atoms with van der Waals surface area (Å²) >= 11 is 6.17. The molecule has 2 rings (SSSR count). The first kappa shape index (κ1) is 16.1. The highest BCUT2D eigenvalue weighted by atomic mass is 35.5. The van der Waals surface area contributed by atoms with Crippen LogP contribution in [0, 0.1) is 5.92 Å². The molecule has 0 spiro atoms. The number of ether oxygens (including phenoxy) is 2. The van der Waals surface area contributed by atoms with Crippen LogP contribution >= 0.6 is 11.6 Å². The molecule has 1 unspecified atom stereocenters. The number of halogens is 1. The Bertz CT molecular complexity index is 488. The van der Waals surface area contributed by atoms with Crippen molar-refractivity contribution in [2.75, 3.05) is 31.7 Å². The van der Waals surface area contributed by atoms with Crippen LogP contribution in [0.5, 0.6) is 5.75 Å². The van der Waals surface area contributed by atoms with Crippen molar-refractivity contribution in [2.24, 2.45) is 5.92 Å². The van der Waals surface area contributed by atoms with E-state index in [1.165, 1.54) is 0 Å². The van der Waals surface area contributed by atoms with Gasteiger partial charge in [-0.1, -0.05) is 25.4 Å². The van der Waals surface area contributed by atoms with Crippen LogP contribution in [0.25, 0.3) is 0 Å². The van der Waals surface area contributed by atoms with Crippen molar-refractivity contribution in [3.05, 3.63) is 23.2 Å². The Hall–Kier alpha value is -1.30. The highest BCUT2D eigenvalue weighted by molar-refractivity contribution is 6.32. The van der Waals surface area contributed by atoms with Gasteiger partial charge in [0.2, 0.25) is 5.91 Å². The van der Waals surface area contributed by atoms with Gasteiger partial charge in [0.25, 0.3) is 0 Å². The summed E-state index contributed by atoms with van der Waals surface area (Å²) in [5.41, 5.74) is 0.647. The van der Waals surface area contributed by atoms with E-state index in [4.69, 9.17) is 21.1 Å². The standard InChI is InChI=1S/C15H21ClN2O3/c1-10(2)8-21-14-4-3-11(7-12(14)16)18-15(19)13-9-20-6-5-17-13/h3-4,7,10,13,17H,5-6,8-9H2,1-2H3,(H,18,19). The predicted octanol–water partition coefficient (Wildman–Crippen LogP) is 2.30. The molecule has 0 aliphatic carbocycles. The zero-order valence-electron chi connectivity index (χ0n) is 12.3. The van der Waals surface area contributed by atoms with E-state index in [1.807, 2.05) is 0 Å². The first-order valence-electron chi connectivity index (χ1n) is 7.10. The Morgan fingerprint density at radius 3 is 3.00 bits per heavy atom. The number of rotatable bonds is 5. The number of amides is 1. The summed E-state index contributed by atoms with van der Waals surface area (Å²) in [5.74, 6) is 0.932. The van der Waals surface area contributed by atoms with Gasteiger partial charge in [-0.3, -0.25) is 4.79 Å². The van der Waals surface area contributed by atoms with Gasteiger partial charge in [0.05, 0.1) is 24.8 Å². The summed E-state index contributed by atoms with van der Waals surface area (Å²) in [6, 6.07) is 4.92. The Kier molecular flexibility index (Phi) is 5.85. The summed E-state index contributed by atoms with van der Waals surface area (Å²) in [6.45, 7) is 6.45. The molecule has 6 heteroatoms. The molecular formula is C15H21ClN2O3. The first-order valence-corrected chi connectivity index (χ1v) is 7.48. The van der Waals surface area contributed by atoms with Crippen LogP contribution in [0.3, 0.4) is 0 Å². The Balaban J connectivity index is 1.94. The quantitative estimate of drug-likeness (QED) is 0.876. The molecule has 116 valence electrons. The number of carbonyl (C=O) groups is 1. The Morgan fingerprint density at radius 1 is 1.57 bits per heavy atom. The van der Waals surface area contributed by atoms with E-state index in [9.17, 15) is 4.79 Å². The number of benzene rings is 1. The molecule has 1 saturated heterocycles. The molecule has 1 aromatic carbocycles. The molecule has 1 fully saturated rings. The topological polar surface area (TPSA) is 59.6 Å². The lowest BCUT2D eigenvalue weighted by molar-refractivity contribution is -0.120. The monoisotopic (exact) mass is 312 g/mol. The van der Waals surface area contributed by atoms with Crippen LogP contribution in [0.4, 0.5) is 5.69 Å². The summed E-state index contributed by atoms with van der Waals surface area (Å²) in [4.78, 5) is 12.1. The third-order valence-corrected chi connectivity index (χ3v) is 3.31. The minimum Gasteiger partial charge on any atom is -0.492 e. The fourth-order valence-electron chi connectivity index (χ4n) is 1.92. The van der Waals surface area contributed by atoms with Gasteiger partial charge in [-0.25, -0.2) is 0 Å². The molecule has 1 amide bonds. The van der Waals surface area contributed by atoms with Crippen LogP contribution in [0.15, 0.2) is 18.2 Å². The van der Waals surface area contributed by atoms with Crippen molar-refractivity contribution in [1.29, 1.82) is 0 Å². The van der Waals surface area contributed by atoms with Crippen LogP contribution in [0.2, 0.25) is 5.02 Å². The maximum absolute atomic E-state index is 12.1. The van der Waals surface area contributed by atoms with Gasteiger partial charge < -0.3 is 20.1 Å².